The maximum Gasteiger partial charge on any atom is 0.323 e. The average Bonchev–Trinajstić information content (AvgIpc) is 3.38. The van der Waals surface area contributed by atoms with Crippen LogP contribution in [0, 0.1) is 5.41 Å². The smallest absolute Gasteiger partial charge is 0.323 e. The maximum absolute atomic E-state index is 12.5. The van der Waals surface area contributed by atoms with E-state index in [4.69, 9.17) is 59.3 Å². The molecule has 5 atom stereocenters. The van der Waals surface area contributed by atoms with E-state index in [9.17, 15) is 14.7 Å². The van der Waals surface area contributed by atoms with E-state index in [0.717, 1.165) is 11.8 Å². The second-order valence-corrected chi connectivity index (χ2v) is 16.3. The molecule has 1 aliphatic heterocycles. The number of aliphatic hydroxyl groups excluding tert-OH is 1. The van der Waals surface area contributed by atoms with E-state index in [0.29, 0.717) is 16.9 Å². The number of alkyl halides is 2. The van der Waals surface area contributed by atoms with E-state index < -0.39 is 46.8 Å². The third-order valence-corrected chi connectivity index (χ3v) is 10.4. The van der Waals surface area contributed by atoms with Crippen molar-refractivity contribution in [2.45, 2.75) is 76.5 Å². The van der Waals surface area contributed by atoms with Gasteiger partial charge < -0.3 is 29.4 Å². The summed E-state index contributed by atoms with van der Waals surface area (Å²) in [5, 5.41) is 13.9. The monoisotopic (exact) mass is 672 g/mol. The fraction of sp³-hybridized carbons (Fsp3) is 0.696. The predicted octanol–water partition coefficient (Wildman–Crippen LogP) is 3.33. The molecule has 2 aromatic heterocycles. The molecule has 0 amide bonds. The van der Waals surface area contributed by atoms with Crippen molar-refractivity contribution in [2.75, 3.05) is 24.7 Å². The van der Waals surface area contributed by atoms with Gasteiger partial charge in [-0.15, -0.1) is 0 Å². The molecular weight excluding hydrogens is 638 g/mol. The number of aromatic nitrogens is 4. The van der Waals surface area contributed by atoms with E-state index >= 15 is 0 Å². The summed E-state index contributed by atoms with van der Waals surface area (Å²) in [5.41, 5.74) is 5.97. The molecule has 1 saturated heterocycles. The maximum atomic E-state index is 12.5. The van der Waals surface area contributed by atoms with Gasteiger partial charge in [0.1, 0.15) is 30.1 Å². The van der Waals surface area contributed by atoms with Crippen LogP contribution in [0.1, 0.15) is 47.8 Å². The molecule has 3 rings (SSSR count). The van der Waals surface area contributed by atoms with Gasteiger partial charge in [0.25, 0.3) is 6.64 Å². The van der Waals surface area contributed by atoms with E-state index in [1.165, 1.54) is 17.2 Å². The number of carbonyl (C=O) groups excluding carboxylic acids is 2. The molecule has 0 aromatic carbocycles. The van der Waals surface area contributed by atoms with Crippen LogP contribution in [0.3, 0.4) is 0 Å². The third kappa shape index (κ3) is 8.49. The number of anilines is 1. The highest BCUT2D eigenvalue weighted by atomic mass is 35.5. The molecule has 18 heteroatoms. The highest BCUT2D eigenvalue weighted by Gasteiger charge is 2.56. The lowest BCUT2D eigenvalue weighted by Gasteiger charge is -2.28. The van der Waals surface area contributed by atoms with Crippen LogP contribution in [0.5, 0.6) is 0 Å². The minimum absolute atomic E-state index is 0.00899. The number of nitrogens with zero attached hydrogens (tertiary/aromatic N) is 4. The minimum Gasteiger partial charge on any atom is -0.462 e. The Morgan fingerprint density at radius 2 is 1.98 bits per heavy atom. The Morgan fingerprint density at radius 1 is 1.29 bits per heavy atom. The average molecular weight is 674 g/mol. The molecule has 13 nitrogen and oxygen atoms in total. The standard InChI is InChI=1S/C23H35Cl2N6O7PS2/c1-12(2)37-19(33)13(3)30-39(40,35-7-8-41-21(34)22(4,5)6)36-9-14-16(32)23(24,25)20(38-14)31-11-29-15-17(26)27-10-28-18(15)31/h10-14,16,20,32H,7-9H2,1-6H3,(H,30,40)(H2,26,27,28)/t13?,14-,16-,20-,39?/m1/s1. The van der Waals surface area contributed by atoms with Gasteiger partial charge in [-0.2, -0.15) is 0 Å². The zero-order valence-electron chi connectivity index (χ0n) is 23.4. The number of nitrogens with two attached hydrogens (primary N) is 1. The fourth-order valence-electron chi connectivity index (χ4n) is 3.56. The lowest BCUT2D eigenvalue weighted by Crippen LogP contribution is -2.39. The summed E-state index contributed by atoms with van der Waals surface area (Å²) >= 11 is 19.9. The molecule has 0 aliphatic carbocycles. The summed E-state index contributed by atoms with van der Waals surface area (Å²) in [6, 6.07) is -0.878. The molecule has 0 bridgehead atoms. The summed E-state index contributed by atoms with van der Waals surface area (Å²) in [7, 11) is 0. The molecule has 230 valence electrons. The normalized spacial score (nSPS) is 23.0. The quantitative estimate of drug-likeness (QED) is 0.130. The Bertz CT molecular complexity index is 1290. The number of fused-ring (bicyclic) bond motifs is 1. The number of carbonyl (C=O) groups is 2. The molecule has 41 heavy (non-hydrogen) atoms. The van der Waals surface area contributed by atoms with Gasteiger partial charge in [0, 0.05) is 11.2 Å². The van der Waals surface area contributed by atoms with Gasteiger partial charge in [-0.1, -0.05) is 55.7 Å². The van der Waals surface area contributed by atoms with Crippen molar-refractivity contribution < 1.29 is 33.2 Å². The molecule has 0 saturated carbocycles. The number of halogens is 2. The summed E-state index contributed by atoms with van der Waals surface area (Å²) < 4.78 is 22.7. The predicted molar refractivity (Wildman–Crippen MR) is 161 cm³/mol. The number of nitrogen functional groups attached to an aromatic ring is 1. The zero-order valence-corrected chi connectivity index (χ0v) is 27.5. The third-order valence-electron chi connectivity index (χ3n) is 5.68. The van der Waals surface area contributed by atoms with Crippen molar-refractivity contribution in [1.29, 1.82) is 0 Å². The number of aliphatic hydroxyl groups is 1. The first-order chi connectivity index (χ1) is 19.0. The number of nitrogens with one attached hydrogen (secondary N) is 1. The van der Waals surface area contributed by atoms with Gasteiger partial charge in [-0.05, 0) is 32.6 Å². The SMILES string of the molecule is CC(C)OC(=O)C(C)NP(=S)(OCCSC(=O)C(C)(C)C)OC[C@H]1O[C@@H](n2cnc3c(N)ncnc32)C(Cl)(Cl)[C@@H]1O. The largest absolute Gasteiger partial charge is 0.462 e. The molecule has 3 heterocycles. The van der Waals surface area contributed by atoms with E-state index in [1.54, 1.807) is 20.8 Å². The van der Waals surface area contributed by atoms with E-state index in [2.05, 4.69) is 20.0 Å². The van der Waals surface area contributed by atoms with Gasteiger partial charge in [0.2, 0.25) is 0 Å². The van der Waals surface area contributed by atoms with E-state index in [-0.39, 0.29) is 30.3 Å². The van der Waals surface area contributed by atoms with Crippen LogP contribution < -0.4 is 10.8 Å². The summed E-state index contributed by atoms with van der Waals surface area (Å²) in [5.74, 6) is -0.0943. The molecule has 2 aromatic rings. The molecule has 1 aliphatic rings. The molecule has 4 N–H and O–H groups in total. The summed E-state index contributed by atoms with van der Waals surface area (Å²) in [4.78, 5) is 37.0. The first-order valence-corrected chi connectivity index (χ1v) is 17.0. The van der Waals surface area contributed by atoms with Crippen LogP contribution in [0.2, 0.25) is 0 Å². The topological polar surface area (TPSA) is 173 Å². The number of imidazole rings is 1. The molecule has 1 fully saturated rings. The van der Waals surface area contributed by atoms with Crippen LogP contribution >= 0.6 is 41.6 Å². The van der Waals surface area contributed by atoms with Crippen molar-refractivity contribution in [3.05, 3.63) is 12.7 Å². The van der Waals surface area contributed by atoms with Gasteiger partial charge in [-0.3, -0.25) is 14.2 Å². The van der Waals surface area contributed by atoms with Gasteiger partial charge in [0.05, 0.1) is 25.6 Å². The first kappa shape index (κ1) is 34.4. The lowest BCUT2D eigenvalue weighted by atomic mass is 10.00. The van der Waals surface area contributed by atoms with Crippen LogP contribution in [0.4, 0.5) is 5.82 Å². The van der Waals surface area contributed by atoms with Gasteiger partial charge >= 0.3 is 5.97 Å². The molecule has 0 spiro atoms. The summed E-state index contributed by atoms with van der Waals surface area (Å²) in [6.07, 6.45) is -1.33. The van der Waals surface area contributed by atoms with Crippen molar-refractivity contribution in [2.24, 2.45) is 5.41 Å². The molecule has 2 unspecified atom stereocenters. The van der Waals surface area contributed by atoms with Gasteiger partial charge in [0.15, 0.2) is 27.1 Å². The number of hydrogen-bond acceptors (Lipinski definition) is 13. The Balaban J connectivity index is 1.74. The number of rotatable bonds is 12. The lowest BCUT2D eigenvalue weighted by molar-refractivity contribution is -0.149. The van der Waals surface area contributed by atoms with Crippen molar-refractivity contribution in [1.82, 2.24) is 24.6 Å². The Hall–Kier alpha value is -1.13. The number of esters is 1. The number of thioether (sulfide) groups is 1. The number of ether oxygens (including phenoxy) is 2. The number of hydrogen-bond donors (Lipinski definition) is 3. The van der Waals surface area contributed by atoms with Crippen LogP contribution in [-0.4, -0.2) is 83.4 Å². The van der Waals surface area contributed by atoms with Crippen molar-refractivity contribution in [3.63, 3.8) is 0 Å². The summed E-state index contributed by atoms with van der Waals surface area (Å²) in [6.45, 7) is 6.83. The Kier molecular flexibility index (Phi) is 11.5. The van der Waals surface area contributed by atoms with Crippen molar-refractivity contribution in [3.8, 4) is 0 Å². The molecular formula is C23H35Cl2N6O7PS2. The van der Waals surface area contributed by atoms with Crippen molar-refractivity contribution >= 4 is 81.5 Å². The Labute approximate surface area is 257 Å². The molecule has 0 radical (unpaired) electrons. The first-order valence-electron chi connectivity index (χ1n) is 12.6. The Morgan fingerprint density at radius 3 is 2.61 bits per heavy atom. The minimum atomic E-state index is -3.40. The van der Waals surface area contributed by atoms with Crippen LogP contribution in [-0.2, 0) is 39.9 Å². The highest BCUT2D eigenvalue weighted by molar-refractivity contribution is 8.13. The van der Waals surface area contributed by atoms with Crippen LogP contribution in [0.15, 0.2) is 12.7 Å². The zero-order chi connectivity index (χ0) is 30.8. The van der Waals surface area contributed by atoms with Gasteiger partial charge in [-0.25, -0.2) is 20.0 Å². The van der Waals surface area contributed by atoms with E-state index in [1.807, 2.05) is 20.8 Å². The second kappa shape index (κ2) is 13.7. The van der Waals surface area contributed by atoms with Crippen LogP contribution in [0.25, 0.3) is 11.2 Å². The fourth-order valence-corrected chi connectivity index (χ4v) is 7.43. The second-order valence-electron chi connectivity index (χ2n) is 10.6. The highest BCUT2D eigenvalue weighted by Crippen LogP contribution is 2.50.